The summed E-state index contributed by atoms with van der Waals surface area (Å²) in [4.78, 5) is 0. The third kappa shape index (κ3) is 1.03. The molecule has 1 heterocycles. The summed E-state index contributed by atoms with van der Waals surface area (Å²) in [5.41, 5.74) is 0. The molecule has 3 heteroatoms. The largest absolute Gasteiger partial charge is 0.226 e. The molecule has 2 nitrogen and oxygen atoms in total. The summed E-state index contributed by atoms with van der Waals surface area (Å²) in [5.74, 6) is 0. The minimum absolute atomic E-state index is 0.569. The van der Waals surface area contributed by atoms with Crippen LogP contribution in [0, 0.1) is 0 Å². The van der Waals surface area contributed by atoms with Gasteiger partial charge < -0.3 is 0 Å². The van der Waals surface area contributed by atoms with Crippen molar-refractivity contribution in [3.05, 3.63) is 0 Å². The summed E-state index contributed by atoms with van der Waals surface area (Å²) in [5, 5.41) is 0. The van der Waals surface area contributed by atoms with Crippen LogP contribution in [-0.2, 0) is 0 Å². The Labute approximate surface area is 54.2 Å². The highest BCUT2D eigenvalue weighted by atomic mass is 32.2. The Balaban J connectivity index is 2.41. The summed E-state index contributed by atoms with van der Waals surface area (Å²) in [7, 11) is 2.06. The molecule has 0 aromatic rings. The molecule has 1 aliphatic heterocycles. The van der Waals surface area contributed by atoms with Gasteiger partial charge in [-0.15, -0.1) is 0 Å². The topological polar surface area (TPSA) is 15.6 Å². The Kier molecular flexibility index (Phi) is 1.91. The van der Waals surface area contributed by atoms with Gasteiger partial charge in [0, 0.05) is 6.21 Å². The van der Waals surface area contributed by atoms with Crippen molar-refractivity contribution >= 4 is 18.3 Å². The van der Waals surface area contributed by atoms with E-state index in [-0.39, 0.29) is 0 Å². The van der Waals surface area contributed by atoms with Crippen molar-refractivity contribution in [3.8, 4) is 0 Å². The fourth-order valence-electron chi connectivity index (χ4n) is 0.689. The van der Waals surface area contributed by atoms with Gasteiger partial charge in [0.1, 0.15) is 0 Å². The summed E-state index contributed by atoms with van der Waals surface area (Å²) in [6.45, 7) is 2.17. The van der Waals surface area contributed by atoms with E-state index in [0.29, 0.717) is 6.04 Å². The van der Waals surface area contributed by atoms with Crippen molar-refractivity contribution in [2.24, 2.45) is 4.40 Å². The predicted molar refractivity (Wildman–Crippen MR) is 37.9 cm³/mol. The van der Waals surface area contributed by atoms with Crippen molar-refractivity contribution < 1.29 is 0 Å². The molecule has 1 aliphatic rings. The highest BCUT2D eigenvalue weighted by Gasteiger charge is 2.14. The van der Waals surface area contributed by atoms with Crippen molar-refractivity contribution in [1.29, 1.82) is 0 Å². The zero-order chi connectivity index (χ0) is 5.98. The Morgan fingerprint density at radius 1 is 1.88 bits per heavy atom. The molecule has 0 fully saturated rings. The summed E-state index contributed by atoms with van der Waals surface area (Å²) in [6, 6.07) is 0.569. The lowest BCUT2D eigenvalue weighted by Gasteiger charge is -2.11. The zero-order valence-electron chi connectivity index (χ0n) is 5.16. The first-order valence-corrected chi connectivity index (χ1v) is 3.51. The molecule has 0 aliphatic carbocycles. The molecule has 0 spiro atoms. The van der Waals surface area contributed by atoms with E-state index in [4.69, 9.17) is 0 Å². The molecule has 0 bridgehead atoms. The van der Waals surface area contributed by atoms with E-state index in [1.807, 2.05) is 6.21 Å². The van der Waals surface area contributed by atoms with Gasteiger partial charge in [0.2, 0.25) is 0 Å². The van der Waals surface area contributed by atoms with Crippen LogP contribution in [0.25, 0.3) is 0 Å². The average molecular weight is 130 g/mol. The maximum Gasteiger partial charge on any atom is 0.0616 e. The van der Waals surface area contributed by atoms with Crippen LogP contribution in [0.3, 0.4) is 0 Å². The van der Waals surface area contributed by atoms with Gasteiger partial charge in [-0.3, -0.25) is 0 Å². The van der Waals surface area contributed by atoms with E-state index in [1.165, 1.54) is 12.1 Å². The number of nitrogens with zero attached hydrogens (tertiary/aromatic N) is 2. The normalized spacial score (nSPS) is 29.5. The molecule has 1 atom stereocenters. The predicted octanol–water partition coefficient (Wildman–Crippen LogP) is 1.34. The summed E-state index contributed by atoms with van der Waals surface area (Å²) in [6.07, 6.45) is 3.15. The molecule has 0 N–H and O–H groups in total. The van der Waals surface area contributed by atoms with E-state index in [2.05, 4.69) is 22.7 Å². The van der Waals surface area contributed by atoms with E-state index in [1.54, 1.807) is 0 Å². The van der Waals surface area contributed by atoms with E-state index < -0.39 is 0 Å². The third-order valence-electron chi connectivity index (χ3n) is 1.29. The van der Waals surface area contributed by atoms with Crippen LogP contribution in [0.2, 0.25) is 0 Å². The average Bonchev–Trinajstić information content (AvgIpc) is 2.14. The molecular formula is C5H10N2S. The second-order valence-electron chi connectivity index (χ2n) is 1.86. The Bertz CT molecular complexity index is 103. The molecular weight excluding hydrogens is 120 g/mol. The van der Waals surface area contributed by atoms with Crippen LogP contribution >= 0.6 is 12.1 Å². The molecule has 0 radical (unpaired) electrons. The van der Waals surface area contributed by atoms with Gasteiger partial charge in [-0.2, -0.15) is 0 Å². The van der Waals surface area contributed by atoms with Gasteiger partial charge in [0.15, 0.2) is 0 Å². The van der Waals surface area contributed by atoms with Crippen LogP contribution in [0.15, 0.2) is 4.40 Å². The Morgan fingerprint density at radius 3 is 2.88 bits per heavy atom. The van der Waals surface area contributed by atoms with Crippen LogP contribution in [-0.4, -0.2) is 23.6 Å². The highest BCUT2D eigenvalue weighted by molar-refractivity contribution is 7.96. The molecule has 1 unspecified atom stereocenters. The van der Waals surface area contributed by atoms with Gasteiger partial charge in [0.25, 0.3) is 0 Å². The summed E-state index contributed by atoms with van der Waals surface area (Å²) < 4.78 is 6.19. The quantitative estimate of drug-likeness (QED) is 0.498. The van der Waals surface area contributed by atoms with Crippen LogP contribution in [0.1, 0.15) is 13.3 Å². The van der Waals surface area contributed by atoms with Crippen LogP contribution < -0.4 is 0 Å². The zero-order valence-corrected chi connectivity index (χ0v) is 5.98. The fourth-order valence-corrected chi connectivity index (χ4v) is 1.36. The number of hydrogen-bond acceptors (Lipinski definition) is 3. The van der Waals surface area contributed by atoms with Gasteiger partial charge >= 0.3 is 0 Å². The molecule has 0 saturated carbocycles. The van der Waals surface area contributed by atoms with Gasteiger partial charge in [0.05, 0.1) is 18.2 Å². The SMILES string of the molecule is CCC1C=NSN1C. The maximum atomic E-state index is 4.03. The highest BCUT2D eigenvalue weighted by Crippen LogP contribution is 2.19. The lowest BCUT2D eigenvalue weighted by molar-refractivity contribution is 0.505. The van der Waals surface area contributed by atoms with Crippen LogP contribution in [0.4, 0.5) is 0 Å². The molecule has 0 aromatic carbocycles. The van der Waals surface area contributed by atoms with Gasteiger partial charge in [-0.25, -0.2) is 8.70 Å². The second-order valence-corrected chi connectivity index (χ2v) is 2.81. The minimum atomic E-state index is 0.569. The van der Waals surface area contributed by atoms with Crippen molar-refractivity contribution in [2.45, 2.75) is 19.4 Å². The molecule has 0 aromatic heterocycles. The second kappa shape index (κ2) is 2.51. The lowest BCUT2D eigenvalue weighted by atomic mass is 10.2. The van der Waals surface area contributed by atoms with Gasteiger partial charge in [-0.1, -0.05) is 6.92 Å². The maximum absolute atomic E-state index is 4.03. The first-order chi connectivity index (χ1) is 3.84. The van der Waals surface area contributed by atoms with E-state index in [9.17, 15) is 0 Å². The van der Waals surface area contributed by atoms with Crippen LogP contribution in [0.5, 0.6) is 0 Å². The molecule has 0 saturated heterocycles. The van der Waals surface area contributed by atoms with E-state index in [0.717, 1.165) is 6.42 Å². The first-order valence-electron chi connectivity index (χ1n) is 2.78. The lowest BCUT2D eigenvalue weighted by Crippen LogP contribution is -2.21. The monoisotopic (exact) mass is 130 g/mol. The molecule has 8 heavy (non-hydrogen) atoms. The molecule has 0 amide bonds. The molecule has 1 rings (SSSR count). The Morgan fingerprint density at radius 2 is 2.62 bits per heavy atom. The van der Waals surface area contributed by atoms with Crippen molar-refractivity contribution in [3.63, 3.8) is 0 Å². The number of hydrogen-bond donors (Lipinski definition) is 0. The fraction of sp³-hybridized carbons (Fsp3) is 0.800. The van der Waals surface area contributed by atoms with Crippen molar-refractivity contribution in [1.82, 2.24) is 4.31 Å². The molecule has 46 valence electrons. The standard InChI is InChI=1S/C5H10N2S/c1-3-5-4-6-8-7(5)2/h4-5H,3H2,1-2H3. The van der Waals surface area contributed by atoms with E-state index >= 15 is 0 Å². The van der Waals surface area contributed by atoms with Gasteiger partial charge in [-0.05, 0) is 13.5 Å². The first kappa shape index (κ1) is 6.11. The smallest absolute Gasteiger partial charge is 0.0616 e. The Hall–Kier alpha value is -0.0200. The summed E-state index contributed by atoms with van der Waals surface area (Å²) >= 11 is 1.53. The number of rotatable bonds is 1. The van der Waals surface area contributed by atoms with Crippen molar-refractivity contribution in [2.75, 3.05) is 7.05 Å². The minimum Gasteiger partial charge on any atom is -0.226 e. The third-order valence-corrected chi connectivity index (χ3v) is 2.04.